The Balaban J connectivity index is 1.84. The van der Waals surface area contributed by atoms with Gasteiger partial charge in [-0.15, -0.1) is 0 Å². The molecule has 2 aliphatic rings. The topological polar surface area (TPSA) is 64.3 Å². The quantitative estimate of drug-likeness (QED) is 0.859. The molecule has 0 bridgehead atoms. The van der Waals surface area contributed by atoms with Gasteiger partial charge in [-0.2, -0.15) is 0 Å². The fourth-order valence-electron chi connectivity index (χ4n) is 3.02. The van der Waals surface area contributed by atoms with Crippen LogP contribution < -0.4 is 15.8 Å². The number of benzene rings is 1. The van der Waals surface area contributed by atoms with E-state index in [0.717, 1.165) is 17.0 Å². The number of anilines is 1. The highest BCUT2D eigenvalue weighted by Crippen LogP contribution is 2.37. The first-order chi connectivity index (χ1) is 9.15. The predicted molar refractivity (Wildman–Crippen MR) is 74.0 cm³/mol. The molecule has 1 fully saturated rings. The van der Waals surface area contributed by atoms with Crippen molar-refractivity contribution in [2.75, 3.05) is 5.32 Å². The molecule has 0 radical (unpaired) electrons. The standard InChI is InChI=1S/C15H20N2O2/c1-9-15(18)17-12-8-11(6-7-13(12)19-9)14(16)10-4-2-3-5-10/h6-10,14H,2-5,16H2,1H3,(H,17,18). The second-order valence-electron chi connectivity index (χ2n) is 5.58. The third-order valence-electron chi connectivity index (χ3n) is 4.23. The zero-order chi connectivity index (χ0) is 13.4. The molecule has 1 aromatic carbocycles. The van der Waals surface area contributed by atoms with Gasteiger partial charge in [0.15, 0.2) is 6.10 Å². The van der Waals surface area contributed by atoms with Gasteiger partial charge in [-0.3, -0.25) is 4.79 Å². The van der Waals surface area contributed by atoms with Crippen LogP contribution >= 0.6 is 0 Å². The number of amides is 1. The van der Waals surface area contributed by atoms with Gasteiger partial charge in [-0.05, 0) is 43.4 Å². The first-order valence-electron chi connectivity index (χ1n) is 7.02. The Kier molecular flexibility index (Phi) is 3.19. The summed E-state index contributed by atoms with van der Waals surface area (Å²) in [6, 6.07) is 5.95. The third kappa shape index (κ3) is 2.32. The molecule has 3 N–H and O–H groups in total. The highest BCUT2D eigenvalue weighted by atomic mass is 16.5. The number of ether oxygens (including phenoxy) is 1. The number of rotatable bonds is 2. The van der Waals surface area contributed by atoms with Crippen molar-refractivity contribution >= 4 is 11.6 Å². The molecule has 2 unspecified atom stereocenters. The van der Waals surface area contributed by atoms with E-state index < -0.39 is 6.10 Å². The minimum absolute atomic E-state index is 0.0593. The molecule has 1 aliphatic heterocycles. The molecule has 19 heavy (non-hydrogen) atoms. The Labute approximate surface area is 113 Å². The SMILES string of the molecule is CC1Oc2ccc(C(N)C3CCCC3)cc2NC1=O. The predicted octanol–water partition coefficient (Wildman–Crippen LogP) is 2.60. The van der Waals surface area contributed by atoms with Crippen molar-refractivity contribution in [2.45, 2.75) is 44.8 Å². The fraction of sp³-hybridized carbons (Fsp3) is 0.533. The average molecular weight is 260 g/mol. The summed E-state index contributed by atoms with van der Waals surface area (Å²) in [4.78, 5) is 11.6. The van der Waals surface area contributed by atoms with Crippen LogP contribution in [-0.4, -0.2) is 12.0 Å². The Bertz CT molecular complexity index is 495. The van der Waals surface area contributed by atoms with Crippen molar-refractivity contribution in [1.82, 2.24) is 0 Å². The van der Waals surface area contributed by atoms with Gasteiger partial charge >= 0.3 is 0 Å². The van der Waals surface area contributed by atoms with E-state index in [1.807, 2.05) is 18.2 Å². The molecule has 1 amide bonds. The van der Waals surface area contributed by atoms with E-state index in [0.29, 0.717) is 5.92 Å². The van der Waals surface area contributed by atoms with Crippen LogP contribution in [0.25, 0.3) is 0 Å². The van der Waals surface area contributed by atoms with Crippen LogP contribution in [0.5, 0.6) is 5.75 Å². The molecule has 0 saturated heterocycles. The first-order valence-corrected chi connectivity index (χ1v) is 7.02. The molecule has 4 heteroatoms. The summed E-state index contributed by atoms with van der Waals surface area (Å²) < 4.78 is 5.55. The van der Waals surface area contributed by atoms with Gasteiger partial charge < -0.3 is 15.8 Å². The molecule has 1 heterocycles. The fourth-order valence-corrected chi connectivity index (χ4v) is 3.02. The zero-order valence-corrected chi connectivity index (χ0v) is 11.2. The number of fused-ring (bicyclic) bond motifs is 1. The highest BCUT2D eigenvalue weighted by Gasteiger charge is 2.27. The van der Waals surface area contributed by atoms with Crippen molar-refractivity contribution < 1.29 is 9.53 Å². The lowest BCUT2D eigenvalue weighted by molar-refractivity contribution is -0.122. The number of carbonyl (C=O) groups is 1. The Morgan fingerprint density at radius 1 is 1.37 bits per heavy atom. The second-order valence-corrected chi connectivity index (χ2v) is 5.58. The molecular formula is C15H20N2O2. The molecule has 1 aromatic rings. The maximum absolute atomic E-state index is 11.6. The summed E-state index contributed by atoms with van der Waals surface area (Å²) in [6.07, 6.45) is 4.54. The zero-order valence-electron chi connectivity index (χ0n) is 11.2. The van der Waals surface area contributed by atoms with Gasteiger partial charge in [0.1, 0.15) is 5.75 Å². The largest absolute Gasteiger partial charge is 0.479 e. The number of nitrogens with two attached hydrogens (primary N) is 1. The van der Waals surface area contributed by atoms with Crippen LogP contribution in [0.1, 0.15) is 44.2 Å². The van der Waals surface area contributed by atoms with E-state index in [4.69, 9.17) is 10.5 Å². The van der Waals surface area contributed by atoms with E-state index in [9.17, 15) is 4.79 Å². The van der Waals surface area contributed by atoms with Gasteiger partial charge in [0.2, 0.25) is 0 Å². The minimum atomic E-state index is -0.429. The molecule has 0 spiro atoms. The number of hydrogen-bond acceptors (Lipinski definition) is 3. The lowest BCUT2D eigenvalue weighted by atomic mass is 9.92. The summed E-state index contributed by atoms with van der Waals surface area (Å²) in [6.45, 7) is 1.75. The van der Waals surface area contributed by atoms with Crippen LogP contribution in [0.2, 0.25) is 0 Å². The molecule has 4 nitrogen and oxygen atoms in total. The van der Waals surface area contributed by atoms with E-state index in [-0.39, 0.29) is 11.9 Å². The van der Waals surface area contributed by atoms with E-state index in [2.05, 4.69) is 5.32 Å². The second kappa shape index (κ2) is 4.85. The summed E-state index contributed by atoms with van der Waals surface area (Å²) in [5.74, 6) is 1.20. The minimum Gasteiger partial charge on any atom is -0.479 e. The van der Waals surface area contributed by atoms with Crippen molar-refractivity contribution in [3.8, 4) is 5.75 Å². The lowest BCUT2D eigenvalue weighted by Gasteiger charge is -2.25. The van der Waals surface area contributed by atoms with Crippen LogP contribution in [-0.2, 0) is 4.79 Å². The molecule has 1 saturated carbocycles. The number of carbonyl (C=O) groups excluding carboxylic acids is 1. The van der Waals surface area contributed by atoms with Gasteiger partial charge in [0.05, 0.1) is 5.69 Å². The summed E-state index contributed by atoms with van der Waals surface area (Å²) in [5, 5.41) is 2.88. The van der Waals surface area contributed by atoms with Gasteiger partial charge in [0, 0.05) is 6.04 Å². The van der Waals surface area contributed by atoms with Gasteiger partial charge in [-0.1, -0.05) is 18.9 Å². The van der Waals surface area contributed by atoms with Crippen molar-refractivity contribution in [2.24, 2.45) is 11.7 Å². The molecule has 0 aromatic heterocycles. The van der Waals surface area contributed by atoms with E-state index >= 15 is 0 Å². The maximum atomic E-state index is 11.6. The first kappa shape index (κ1) is 12.5. The Morgan fingerprint density at radius 2 is 2.11 bits per heavy atom. The van der Waals surface area contributed by atoms with Gasteiger partial charge in [-0.25, -0.2) is 0 Å². The summed E-state index contributed by atoms with van der Waals surface area (Å²) in [7, 11) is 0. The van der Waals surface area contributed by atoms with Crippen LogP contribution in [0.15, 0.2) is 18.2 Å². The van der Waals surface area contributed by atoms with E-state index in [1.54, 1.807) is 6.92 Å². The van der Waals surface area contributed by atoms with Crippen molar-refractivity contribution in [3.05, 3.63) is 23.8 Å². The smallest absolute Gasteiger partial charge is 0.265 e. The van der Waals surface area contributed by atoms with Crippen LogP contribution in [0.3, 0.4) is 0 Å². The molecule has 3 rings (SSSR count). The maximum Gasteiger partial charge on any atom is 0.265 e. The molecule has 2 atom stereocenters. The van der Waals surface area contributed by atoms with E-state index in [1.165, 1.54) is 25.7 Å². The molecule has 1 aliphatic carbocycles. The number of hydrogen-bond donors (Lipinski definition) is 2. The van der Waals surface area contributed by atoms with Crippen LogP contribution in [0, 0.1) is 5.92 Å². The summed E-state index contributed by atoms with van der Waals surface area (Å²) in [5.41, 5.74) is 8.17. The van der Waals surface area contributed by atoms with Crippen molar-refractivity contribution in [1.29, 1.82) is 0 Å². The third-order valence-corrected chi connectivity index (χ3v) is 4.23. The van der Waals surface area contributed by atoms with Crippen LogP contribution in [0.4, 0.5) is 5.69 Å². The van der Waals surface area contributed by atoms with Crippen molar-refractivity contribution in [3.63, 3.8) is 0 Å². The molecule has 102 valence electrons. The summed E-state index contributed by atoms with van der Waals surface area (Å²) >= 11 is 0. The number of nitrogens with one attached hydrogen (secondary N) is 1. The Hall–Kier alpha value is -1.55. The average Bonchev–Trinajstić information content (AvgIpc) is 2.93. The lowest BCUT2D eigenvalue weighted by Crippen LogP contribution is -2.34. The molecular weight excluding hydrogens is 240 g/mol. The highest BCUT2D eigenvalue weighted by molar-refractivity contribution is 5.97. The monoisotopic (exact) mass is 260 g/mol. The normalized spacial score (nSPS) is 24.5. The van der Waals surface area contributed by atoms with Gasteiger partial charge in [0.25, 0.3) is 5.91 Å². The Morgan fingerprint density at radius 3 is 2.84 bits per heavy atom.